The highest BCUT2D eigenvalue weighted by Crippen LogP contribution is 2.61. The smallest absolute Gasteiger partial charge is 0.146 e. The molecule has 0 spiro atoms. The van der Waals surface area contributed by atoms with Gasteiger partial charge in [-0.05, 0) is 11.3 Å². The number of aromatic nitrogens is 5. The topological polar surface area (TPSA) is 144 Å². The molecule has 154 valence electrons. The molecule has 0 saturated heterocycles. The molecule has 14 heteroatoms. The predicted molar refractivity (Wildman–Crippen MR) is 128 cm³/mol. The van der Waals surface area contributed by atoms with Gasteiger partial charge < -0.3 is 20.3 Å². The molecule has 3 aromatic rings. The summed E-state index contributed by atoms with van der Waals surface area (Å²) >= 11 is 0. The Balaban J connectivity index is 1.83. The summed E-state index contributed by atoms with van der Waals surface area (Å²) < 4.78 is 1.59. The standard InChI is InChI=1S/C17H23B5N6O3/c18-14(29)12(15(19,30)17(22,31)16(14,20)21)10(1-3-23)28-6-8(5-27-28)11-9-2-4-24-13(9)26-7-25-11/h2,4-7,10,12,29-31H,1,18-22H2,(H,24,25,26)/t10-,12?,14?,15?,17?/m1/s1. The number of rotatable bonds is 4. The first-order chi connectivity index (χ1) is 14.4. The van der Waals surface area contributed by atoms with Crippen molar-refractivity contribution >= 4 is 50.3 Å². The van der Waals surface area contributed by atoms with Gasteiger partial charge in [-0.1, -0.05) is 0 Å². The Morgan fingerprint density at radius 3 is 2.48 bits per heavy atom. The van der Waals surface area contributed by atoms with Gasteiger partial charge in [0, 0.05) is 40.3 Å². The quantitative estimate of drug-likeness (QED) is 0.315. The van der Waals surface area contributed by atoms with E-state index in [9.17, 15) is 20.6 Å². The van der Waals surface area contributed by atoms with Crippen LogP contribution in [0.5, 0.6) is 0 Å². The second-order valence-corrected chi connectivity index (χ2v) is 9.57. The van der Waals surface area contributed by atoms with Crippen molar-refractivity contribution in [3.8, 4) is 17.3 Å². The molecule has 1 aliphatic rings. The second-order valence-electron chi connectivity index (χ2n) is 9.57. The number of H-pyrrole nitrogens is 1. The zero-order valence-electron chi connectivity index (χ0n) is 18.3. The molecule has 9 nitrogen and oxygen atoms in total. The van der Waals surface area contributed by atoms with E-state index in [1.165, 1.54) is 22.0 Å². The average molecular weight is 413 g/mol. The van der Waals surface area contributed by atoms with E-state index in [2.05, 4.69) is 26.1 Å². The fourth-order valence-corrected chi connectivity index (χ4v) is 5.32. The SMILES string of the molecule is BC1(O)C([C@@H](CC#N)n2cc(-c3ncnc4[nH]ccc34)cn2)C(B)(O)C(B)(O)C1(B)B. The lowest BCUT2D eigenvalue weighted by Crippen LogP contribution is -2.60. The molecule has 0 aromatic carbocycles. The third kappa shape index (κ3) is 2.77. The molecule has 0 aliphatic heterocycles. The zero-order valence-corrected chi connectivity index (χ0v) is 18.3. The molecule has 4 N–H and O–H groups in total. The van der Waals surface area contributed by atoms with Crippen LogP contribution in [0.2, 0.25) is 5.21 Å². The minimum atomic E-state index is -1.68. The Morgan fingerprint density at radius 1 is 1.16 bits per heavy atom. The van der Waals surface area contributed by atoms with E-state index in [-0.39, 0.29) is 6.42 Å². The minimum Gasteiger partial charge on any atom is -0.399 e. The molecule has 1 fully saturated rings. The van der Waals surface area contributed by atoms with Crippen LogP contribution < -0.4 is 0 Å². The van der Waals surface area contributed by atoms with Crippen LogP contribution >= 0.6 is 0 Å². The monoisotopic (exact) mass is 414 g/mol. The molecular formula is C17H23B5N6O3. The molecule has 0 radical (unpaired) electrons. The maximum Gasteiger partial charge on any atom is 0.146 e. The Labute approximate surface area is 184 Å². The second kappa shape index (κ2) is 6.76. The lowest BCUT2D eigenvalue weighted by atomic mass is 9.34. The molecule has 31 heavy (non-hydrogen) atoms. The summed E-state index contributed by atoms with van der Waals surface area (Å²) in [5.74, 6) is -0.866. The van der Waals surface area contributed by atoms with Gasteiger partial charge in [-0.15, -0.1) is 0 Å². The van der Waals surface area contributed by atoms with E-state index >= 15 is 0 Å². The van der Waals surface area contributed by atoms with Crippen molar-refractivity contribution in [3.63, 3.8) is 0 Å². The van der Waals surface area contributed by atoms with Crippen LogP contribution in [0.1, 0.15) is 12.5 Å². The number of nitrogens with one attached hydrogen (secondary N) is 1. The molecule has 4 unspecified atom stereocenters. The number of nitrogens with zero attached hydrogens (tertiary/aromatic N) is 5. The number of hydrogen-bond donors (Lipinski definition) is 4. The summed E-state index contributed by atoms with van der Waals surface area (Å²) in [6.07, 6.45) is 6.63. The summed E-state index contributed by atoms with van der Waals surface area (Å²) in [4.78, 5) is 11.6. The fraction of sp³-hybridized carbons (Fsp3) is 0.412. The zero-order chi connectivity index (χ0) is 22.8. The maximum atomic E-state index is 11.6. The first-order valence-corrected chi connectivity index (χ1v) is 10.2. The van der Waals surface area contributed by atoms with Gasteiger partial charge >= 0.3 is 0 Å². The van der Waals surface area contributed by atoms with Gasteiger partial charge in [0.1, 0.15) is 51.2 Å². The highest BCUT2D eigenvalue weighted by atomic mass is 16.4. The number of aromatic amines is 1. The highest BCUT2D eigenvalue weighted by molar-refractivity contribution is 6.51. The number of hydrogen-bond acceptors (Lipinski definition) is 7. The predicted octanol–water partition coefficient (Wildman–Crippen LogP) is -4.75. The van der Waals surface area contributed by atoms with Gasteiger partial charge in [-0.3, -0.25) is 4.68 Å². The highest BCUT2D eigenvalue weighted by Gasteiger charge is 2.73. The Hall–Kier alpha value is -2.48. The molecule has 3 heterocycles. The molecule has 1 saturated carbocycles. The molecule has 0 amide bonds. The van der Waals surface area contributed by atoms with Crippen molar-refractivity contribution in [1.82, 2.24) is 24.7 Å². The van der Waals surface area contributed by atoms with E-state index in [1.54, 1.807) is 46.8 Å². The Morgan fingerprint density at radius 2 is 1.87 bits per heavy atom. The van der Waals surface area contributed by atoms with Gasteiger partial charge in [0.2, 0.25) is 0 Å². The maximum absolute atomic E-state index is 11.6. The van der Waals surface area contributed by atoms with Crippen molar-refractivity contribution in [3.05, 3.63) is 31.0 Å². The van der Waals surface area contributed by atoms with Gasteiger partial charge in [-0.2, -0.15) is 10.4 Å². The van der Waals surface area contributed by atoms with Crippen LogP contribution in [0.4, 0.5) is 0 Å². The van der Waals surface area contributed by atoms with E-state index < -0.39 is 33.7 Å². The van der Waals surface area contributed by atoms with Crippen molar-refractivity contribution in [2.24, 2.45) is 5.92 Å². The number of nitriles is 1. The lowest BCUT2D eigenvalue weighted by molar-refractivity contribution is -0.0655. The minimum absolute atomic E-state index is 0.00636. The fourth-order valence-electron chi connectivity index (χ4n) is 5.32. The van der Waals surface area contributed by atoms with Crippen LogP contribution in [0.25, 0.3) is 22.3 Å². The van der Waals surface area contributed by atoms with Crippen LogP contribution in [0.15, 0.2) is 31.0 Å². The molecule has 0 bridgehead atoms. The van der Waals surface area contributed by atoms with Crippen LogP contribution in [-0.4, -0.2) is 95.8 Å². The first-order valence-electron chi connectivity index (χ1n) is 10.2. The molecule has 1 aliphatic carbocycles. The summed E-state index contributed by atoms with van der Waals surface area (Å²) in [6.45, 7) is 0. The third-order valence-electron chi connectivity index (χ3n) is 7.93. The Bertz CT molecular complexity index is 1160. The van der Waals surface area contributed by atoms with E-state index in [0.717, 1.165) is 10.9 Å². The number of aliphatic hydroxyl groups is 3. The first kappa shape index (κ1) is 21.7. The van der Waals surface area contributed by atoms with Crippen molar-refractivity contribution in [2.45, 2.75) is 34.2 Å². The van der Waals surface area contributed by atoms with Crippen molar-refractivity contribution < 1.29 is 15.3 Å². The van der Waals surface area contributed by atoms with Gasteiger partial charge in [0.05, 0.1) is 35.9 Å². The van der Waals surface area contributed by atoms with Crippen LogP contribution in [0, 0.1) is 17.2 Å². The van der Waals surface area contributed by atoms with E-state index in [4.69, 9.17) is 0 Å². The largest absolute Gasteiger partial charge is 0.399 e. The van der Waals surface area contributed by atoms with E-state index in [1.807, 2.05) is 6.07 Å². The third-order valence-corrected chi connectivity index (χ3v) is 7.93. The normalized spacial score (nSPS) is 33.3. The van der Waals surface area contributed by atoms with Crippen LogP contribution in [-0.2, 0) is 0 Å². The average Bonchev–Trinajstić information content (AvgIpc) is 3.37. The summed E-state index contributed by atoms with van der Waals surface area (Å²) in [5, 5.41) is 48.1. The van der Waals surface area contributed by atoms with Gasteiger partial charge in [0.15, 0.2) is 0 Å². The van der Waals surface area contributed by atoms with E-state index in [0.29, 0.717) is 11.3 Å². The molecule has 4 rings (SSSR count). The van der Waals surface area contributed by atoms with Crippen molar-refractivity contribution in [2.75, 3.05) is 0 Å². The lowest BCUT2D eigenvalue weighted by Gasteiger charge is -2.45. The molecule has 3 aromatic heterocycles. The molecular weight excluding hydrogens is 390 g/mol. The number of fused-ring (bicyclic) bond motifs is 1. The summed E-state index contributed by atoms with van der Waals surface area (Å²) in [6, 6.07) is 3.35. The summed E-state index contributed by atoms with van der Waals surface area (Å²) in [5.41, 5.74) is -2.68. The van der Waals surface area contributed by atoms with Crippen LogP contribution in [0.3, 0.4) is 0 Å². The molecule has 5 atom stereocenters. The summed E-state index contributed by atoms with van der Waals surface area (Å²) in [7, 11) is 8.11. The van der Waals surface area contributed by atoms with Crippen molar-refractivity contribution in [1.29, 1.82) is 5.26 Å². The van der Waals surface area contributed by atoms with Gasteiger partial charge in [-0.25, -0.2) is 9.97 Å². The van der Waals surface area contributed by atoms with Gasteiger partial charge in [0.25, 0.3) is 0 Å². The Kier molecular flexibility index (Phi) is 4.74.